The molecule has 3 rings (SSSR count). The van der Waals surface area contributed by atoms with E-state index < -0.39 is 0 Å². The van der Waals surface area contributed by atoms with Gasteiger partial charge in [-0.2, -0.15) is 5.26 Å². The van der Waals surface area contributed by atoms with Crippen molar-refractivity contribution in [2.24, 2.45) is 0 Å². The van der Waals surface area contributed by atoms with Gasteiger partial charge in [-0.15, -0.1) is 0 Å². The van der Waals surface area contributed by atoms with Crippen molar-refractivity contribution < 1.29 is 0 Å². The lowest BCUT2D eigenvalue weighted by Crippen LogP contribution is -2.12. The smallest absolute Gasteiger partial charge is 0.163 e. The lowest BCUT2D eigenvalue weighted by atomic mass is 10.1. The van der Waals surface area contributed by atoms with Gasteiger partial charge >= 0.3 is 0 Å². The number of anilines is 3. The van der Waals surface area contributed by atoms with Gasteiger partial charge in [-0.3, -0.25) is 0 Å². The first-order chi connectivity index (χ1) is 12.6. The van der Waals surface area contributed by atoms with Gasteiger partial charge in [0.05, 0.1) is 12.5 Å². The molecule has 26 heavy (non-hydrogen) atoms. The summed E-state index contributed by atoms with van der Waals surface area (Å²) < 4.78 is 0. The largest absolute Gasteiger partial charge is 0.368 e. The lowest BCUT2D eigenvalue weighted by Gasteiger charge is -2.13. The molecule has 5 nitrogen and oxygen atoms in total. The maximum atomic E-state index is 8.88. The maximum Gasteiger partial charge on any atom is 0.163 e. The van der Waals surface area contributed by atoms with Crippen LogP contribution in [0.5, 0.6) is 0 Å². The van der Waals surface area contributed by atoms with Crippen LogP contribution in [0.1, 0.15) is 19.4 Å². The standard InChI is InChI=1S/C21H21N5/c1-15(2)23-19-14-20(24-18-10-6-7-16(13-18)11-12-22)26-21(25-19)17-8-4-3-5-9-17/h3-10,13-15H,11H2,1-2H3,(H2,23,24,25,26). The Morgan fingerprint density at radius 1 is 0.962 bits per heavy atom. The third-order valence-electron chi connectivity index (χ3n) is 3.68. The van der Waals surface area contributed by atoms with Crippen LogP contribution in [0.3, 0.4) is 0 Å². The highest BCUT2D eigenvalue weighted by Gasteiger charge is 2.08. The molecule has 2 aromatic carbocycles. The molecule has 0 saturated carbocycles. The van der Waals surface area contributed by atoms with Gasteiger partial charge in [0.25, 0.3) is 0 Å². The van der Waals surface area contributed by atoms with Gasteiger partial charge in [0.1, 0.15) is 11.6 Å². The second-order valence-corrected chi connectivity index (χ2v) is 6.29. The summed E-state index contributed by atoms with van der Waals surface area (Å²) in [6, 6.07) is 22.0. The number of rotatable bonds is 6. The molecule has 0 amide bonds. The Morgan fingerprint density at radius 2 is 1.73 bits per heavy atom. The van der Waals surface area contributed by atoms with Crippen molar-refractivity contribution in [3.05, 3.63) is 66.2 Å². The topological polar surface area (TPSA) is 73.6 Å². The summed E-state index contributed by atoms with van der Waals surface area (Å²) in [6.07, 6.45) is 0.384. The van der Waals surface area contributed by atoms with Crippen LogP contribution in [-0.4, -0.2) is 16.0 Å². The van der Waals surface area contributed by atoms with Crippen molar-refractivity contribution in [2.45, 2.75) is 26.3 Å². The molecule has 0 unspecified atom stereocenters. The van der Waals surface area contributed by atoms with Crippen LogP contribution >= 0.6 is 0 Å². The monoisotopic (exact) mass is 343 g/mol. The van der Waals surface area contributed by atoms with E-state index in [-0.39, 0.29) is 6.04 Å². The number of hydrogen-bond acceptors (Lipinski definition) is 5. The zero-order valence-electron chi connectivity index (χ0n) is 14.9. The molecule has 2 N–H and O–H groups in total. The van der Waals surface area contributed by atoms with Crippen LogP contribution in [-0.2, 0) is 6.42 Å². The van der Waals surface area contributed by atoms with Gasteiger partial charge in [-0.05, 0) is 31.5 Å². The normalized spacial score (nSPS) is 10.4. The van der Waals surface area contributed by atoms with Crippen LogP contribution in [0.2, 0.25) is 0 Å². The molecule has 0 radical (unpaired) electrons. The Kier molecular flexibility index (Phi) is 5.45. The van der Waals surface area contributed by atoms with E-state index in [1.54, 1.807) is 0 Å². The summed E-state index contributed by atoms with van der Waals surface area (Å²) in [6.45, 7) is 4.14. The first-order valence-corrected chi connectivity index (χ1v) is 8.58. The molecule has 0 spiro atoms. The van der Waals surface area contributed by atoms with E-state index >= 15 is 0 Å². The Labute approximate surface area is 153 Å². The first-order valence-electron chi connectivity index (χ1n) is 8.58. The van der Waals surface area contributed by atoms with Crippen LogP contribution in [0.25, 0.3) is 11.4 Å². The van der Waals surface area contributed by atoms with Crippen LogP contribution in [0.4, 0.5) is 17.3 Å². The lowest BCUT2D eigenvalue weighted by molar-refractivity contribution is 0.887. The molecule has 0 bridgehead atoms. The van der Waals surface area contributed by atoms with Crippen molar-refractivity contribution >= 4 is 17.3 Å². The average Bonchev–Trinajstić information content (AvgIpc) is 2.62. The van der Waals surface area contributed by atoms with Crippen molar-refractivity contribution in [2.75, 3.05) is 10.6 Å². The predicted octanol–water partition coefficient (Wildman–Crippen LogP) is 4.77. The summed E-state index contributed by atoms with van der Waals surface area (Å²) in [5, 5.41) is 15.5. The van der Waals surface area contributed by atoms with E-state index in [1.165, 1.54) is 0 Å². The summed E-state index contributed by atoms with van der Waals surface area (Å²) >= 11 is 0. The van der Waals surface area contributed by atoms with Crippen LogP contribution < -0.4 is 10.6 Å². The highest BCUT2D eigenvalue weighted by atomic mass is 15.1. The van der Waals surface area contributed by atoms with Gasteiger partial charge < -0.3 is 10.6 Å². The molecule has 5 heteroatoms. The molecule has 1 aromatic heterocycles. The van der Waals surface area contributed by atoms with Crippen molar-refractivity contribution in [1.29, 1.82) is 5.26 Å². The maximum absolute atomic E-state index is 8.88. The molecular formula is C21H21N5. The summed E-state index contributed by atoms with van der Waals surface area (Å²) in [7, 11) is 0. The van der Waals surface area contributed by atoms with Gasteiger partial charge in [-0.25, -0.2) is 9.97 Å². The Balaban J connectivity index is 1.95. The number of nitrogens with one attached hydrogen (secondary N) is 2. The van der Waals surface area contributed by atoms with E-state index in [1.807, 2.05) is 60.7 Å². The van der Waals surface area contributed by atoms with Gasteiger partial charge in [-0.1, -0.05) is 42.5 Å². The van der Waals surface area contributed by atoms with Crippen molar-refractivity contribution in [3.63, 3.8) is 0 Å². The van der Waals surface area contributed by atoms with E-state index in [0.717, 1.165) is 22.6 Å². The molecule has 0 fully saturated rings. The number of nitriles is 1. The highest BCUT2D eigenvalue weighted by Crippen LogP contribution is 2.23. The number of benzene rings is 2. The van der Waals surface area contributed by atoms with E-state index in [2.05, 4.69) is 40.5 Å². The summed E-state index contributed by atoms with van der Waals surface area (Å²) in [5.74, 6) is 2.13. The fourth-order valence-electron chi connectivity index (χ4n) is 2.60. The van der Waals surface area contributed by atoms with Crippen molar-refractivity contribution in [3.8, 4) is 17.5 Å². The third-order valence-corrected chi connectivity index (χ3v) is 3.68. The van der Waals surface area contributed by atoms with Crippen LogP contribution in [0, 0.1) is 11.3 Å². The number of hydrogen-bond donors (Lipinski definition) is 2. The third kappa shape index (κ3) is 4.58. The second-order valence-electron chi connectivity index (χ2n) is 6.29. The molecular weight excluding hydrogens is 322 g/mol. The average molecular weight is 343 g/mol. The molecule has 0 atom stereocenters. The van der Waals surface area contributed by atoms with Gasteiger partial charge in [0, 0.05) is 23.4 Å². The molecule has 0 saturated heterocycles. The molecule has 0 aliphatic rings. The van der Waals surface area contributed by atoms with E-state index in [4.69, 9.17) is 5.26 Å². The van der Waals surface area contributed by atoms with Gasteiger partial charge in [0.15, 0.2) is 5.82 Å². The minimum Gasteiger partial charge on any atom is -0.368 e. The second kappa shape index (κ2) is 8.13. The quantitative estimate of drug-likeness (QED) is 0.674. The van der Waals surface area contributed by atoms with E-state index in [9.17, 15) is 0 Å². The van der Waals surface area contributed by atoms with Crippen LogP contribution in [0.15, 0.2) is 60.7 Å². The molecule has 0 aliphatic carbocycles. The first kappa shape index (κ1) is 17.4. The molecule has 130 valence electrons. The minimum absolute atomic E-state index is 0.264. The zero-order valence-corrected chi connectivity index (χ0v) is 14.9. The molecule has 1 heterocycles. The Hall–Kier alpha value is -3.39. The SMILES string of the molecule is CC(C)Nc1cc(Nc2cccc(CC#N)c2)nc(-c2ccccc2)n1. The Morgan fingerprint density at radius 3 is 2.46 bits per heavy atom. The predicted molar refractivity (Wildman–Crippen MR) is 105 cm³/mol. The van der Waals surface area contributed by atoms with Gasteiger partial charge in [0.2, 0.25) is 0 Å². The van der Waals surface area contributed by atoms with E-state index in [0.29, 0.717) is 18.1 Å². The molecule has 3 aromatic rings. The zero-order chi connectivity index (χ0) is 18.4. The highest BCUT2D eigenvalue weighted by molar-refractivity contribution is 5.65. The summed E-state index contributed by atoms with van der Waals surface area (Å²) in [5.41, 5.74) is 2.82. The Bertz CT molecular complexity index is 913. The minimum atomic E-state index is 0.264. The molecule has 0 aliphatic heterocycles. The fraction of sp³-hybridized carbons (Fsp3) is 0.190. The number of aromatic nitrogens is 2. The van der Waals surface area contributed by atoms with Crippen molar-refractivity contribution in [1.82, 2.24) is 9.97 Å². The summed E-state index contributed by atoms with van der Waals surface area (Å²) in [4.78, 5) is 9.28. The number of nitrogens with zero attached hydrogens (tertiary/aromatic N) is 3. The fourth-order valence-corrected chi connectivity index (χ4v) is 2.60.